The average Bonchev–Trinajstić information content (AvgIpc) is 3.45. The van der Waals surface area contributed by atoms with Crippen LogP contribution in [0.4, 0.5) is 0 Å². The van der Waals surface area contributed by atoms with Gasteiger partial charge in [-0.3, -0.25) is 0 Å². The van der Waals surface area contributed by atoms with Crippen molar-refractivity contribution in [3.05, 3.63) is 0 Å². The van der Waals surface area contributed by atoms with Crippen molar-refractivity contribution >= 4 is 0 Å². The van der Waals surface area contributed by atoms with E-state index in [4.69, 9.17) is 11.5 Å². The Balaban J connectivity index is 0.000000140. The summed E-state index contributed by atoms with van der Waals surface area (Å²) >= 11 is 0. The predicted molar refractivity (Wildman–Crippen MR) is 173 cm³/mol. The molecule has 8 aliphatic carbocycles. The van der Waals surface area contributed by atoms with Crippen molar-refractivity contribution in [2.45, 2.75) is 167 Å². The van der Waals surface area contributed by atoms with Crippen molar-refractivity contribution in [2.75, 3.05) is 0 Å². The molecule has 0 aromatic heterocycles. The standard InChI is InChI=1S/C19H33NO2.C19H33NO/c1-18-7-5-12(20)9-11(18)10-15(21)17-13-3-4-16(22)19(13,2)8-6-14(17)18;1-18-9-7-13(20)11-12(18)3-4-14-15-5-6-17(21)19(15,2)10-8-16(14)18/h11-17,21-22H,3-10,20H2,1-2H3;12-17,21H,3-11,20H2,1-2H3/t11-,12-,13-,14-,15-,16-,17-,18-,19-;12-,13+,14+,15+,16+,17+,18+,19+/m01/s1. The molecule has 0 spiro atoms. The zero-order valence-corrected chi connectivity index (χ0v) is 28.0. The summed E-state index contributed by atoms with van der Waals surface area (Å²) in [6.45, 7) is 9.75. The summed E-state index contributed by atoms with van der Waals surface area (Å²) in [6.07, 6.45) is 20.0. The van der Waals surface area contributed by atoms with Crippen LogP contribution in [0.1, 0.15) is 137 Å². The number of hydrogen-bond donors (Lipinski definition) is 5. The van der Waals surface area contributed by atoms with Crippen molar-refractivity contribution in [1.82, 2.24) is 0 Å². The van der Waals surface area contributed by atoms with E-state index >= 15 is 0 Å². The zero-order valence-electron chi connectivity index (χ0n) is 28.0. The van der Waals surface area contributed by atoms with E-state index in [0.29, 0.717) is 46.6 Å². The SMILES string of the molecule is C[C@]12CC[C@H](N)C[C@H]1CC[C@@H]1[C@@H]2CC[C@]2(C)[C@@H](O)CC[C@@H]12.C[C@]12CC[C@H](N)C[C@H]1C[C@H](O)[C@@H]1[C@@H]2CC[C@]2(C)[C@@H](O)CC[C@@H]12. The molecule has 0 unspecified atom stereocenters. The van der Waals surface area contributed by atoms with E-state index in [9.17, 15) is 15.3 Å². The third-order valence-electron chi connectivity index (χ3n) is 17.3. The molecule has 17 atom stereocenters. The van der Waals surface area contributed by atoms with Gasteiger partial charge in [0.25, 0.3) is 0 Å². The summed E-state index contributed by atoms with van der Waals surface area (Å²) in [4.78, 5) is 0. The Morgan fingerprint density at radius 2 is 0.930 bits per heavy atom. The second kappa shape index (κ2) is 10.9. The second-order valence-corrected chi connectivity index (χ2v) is 18.8. The van der Waals surface area contributed by atoms with Gasteiger partial charge in [-0.05, 0) is 178 Å². The van der Waals surface area contributed by atoms with Crippen LogP contribution in [0.25, 0.3) is 0 Å². The Morgan fingerprint density at radius 1 is 0.465 bits per heavy atom. The van der Waals surface area contributed by atoms with Gasteiger partial charge >= 0.3 is 0 Å². The fourth-order valence-corrected chi connectivity index (χ4v) is 14.5. The van der Waals surface area contributed by atoms with Crippen LogP contribution >= 0.6 is 0 Å². The lowest BCUT2D eigenvalue weighted by Gasteiger charge is -2.62. The maximum Gasteiger partial charge on any atom is 0.0596 e. The first kappa shape index (κ1) is 31.4. The van der Waals surface area contributed by atoms with Crippen LogP contribution in [0, 0.1) is 69.0 Å². The van der Waals surface area contributed by atoms with Gasteiger partial charge in [-0.15, -0.1) is 0 Å². The van der Waals surface area contributed by atoms with E-state index in [1.165, 1.54) is 64.2 Å². The minimum atomic E-state index is -0.178. The smallest absolute Gasteiger partial charge is 0.0596 e. The zero-order chi connectivity index (χ0) is 30.5. The molecule has 0 saturated heterocycles. The highest BCUT2D eigenvalue weighted by Gasteiger charge is 2.63. The van der Waals surface area contributed by atoms with E-state index in [0.717, 1.165) is 68.6 Å². The van der Waals surface area contributed by atoms with Gasteiger partial charge in [-0.2, -0.15) is 0 Å². The van der Waals surface area contributed by atoms with E-state index in [1.54, 1.807) is 0 Å². The molecule has 43 heavy (non-hydrogen) atoms. The molecule has 5 heteroatoms. The number of aliphatic hydroxyl groups excluding tert-OH is 3. The molecular formula is C38H66N2O3. The molecule has 8 rings (SSSR count). The Hall–Kier alpha value is -0.200. The third kappa shape index (κ3) is 4.69. The molecule has 0 aromatic rings. The summed E-state index contributed by atoms with van der Waals surface area (Å²) < 4.78 is 0. The number of aliphatic hydroxyl groups is 3. The lowest BCUT2D eigenvalue weighted by atomic mass is 9.44. The van der Waals surface area contributed by atoms with Crippen molar-refractivity contribution in [3.8, 4) is 0 Å². The fourth-order valence-electron chi connectivity index (χ4n) is 14.5. The van der Waals surface area contributed by atoms with E-state index in [1.807, 2.05) is 0 Å². The minimum Gasteiger partial charge on any atom is -0.393 e. The molecule has 0 aliphatic heterocycles. The van der Waals surface area contributed by atoms with Crippen LogP contribution < -0.4 is 11.5 Å². The fraction of sp³-hybridized carbons (Fsp3) is 1.00. The number of nitrogens with two attached hydrogens (primary N) is 2. The molecule has 0 amide bonds. The van der Waals surface area contributed by atoms with Crippen molar-refractivity contribution in [1.29, 1.82) is 0 Å². The Kier molecular flexibility index (Phi) is 7.98. The highest BCUT2D eigenvalue weighted by atomic mass is 16.3. The molecule has 8 saturated carbocycles. The van der Waals surface area contributed by atoms with Gasteiger partial charge in [0, 0.05) is 12.1 Å². The summed E-state index contributed by atoms with van der Waals surface area (Å²) in [6, 6.07) is 0.797. The third-order valence-corrected chi connectivity index (χ3v) is 17.3. The average molecular weight is 599 g/mol. The monoisotopic (exact) mass is 599 g/mol. The summed E-state index contributed by atoms with van der Waals surface area (Å²) in [7, 11) is 0. The first-order chi connectivity index (χ1) is 20.3. The molecule has 7 N–H and O–H groups in total. The van der Waals surface area contributed by atoms with Crippen LogP contribution in [-0.2, 0) is 0 Å². The molecule has 0 bridgehead atoms. The highest BCUT2D eigenvalue weighted by Crippen LogP contribution is 2.67. The Bertz CT molecular complexity index is 1040. The molecule has 8 fully saturated rings. The topological polar surface area (TPSA) is 113 Å². The van der Waals surface area contributed by atoms with Gasteiger partial charge in [0.05, 0.1) is 18.3 Å². The Morgan fingerprint density at radius 3 is 1.58 bits per heavy atom. The number of rotatable bonds is 0. The maximum absolute atomic E-state index is 11.0. The summed E-state index contributed by atoms with van der Waals surface area (Å²) in [5, 5.41) is 32.0. The van der Waals surface area contributed by atoms with Crippen molar-refractivity contribution in [3.63, 3.8) is 0 Å². The van der Waals surface area contributed by atoms with E-state index in [2.05, 4.69) is 27.7 Å². The predicted octanol–water partition coefficient (Wildman–Crippen LogP) is 6.41. The largest absolute Gasteiger partial charge is 0.393 e. The molecule has 5 nitrogen and oxygen atoms in total. The van der Waals surface area contributed by atoms with Crippen LogP contribution in [0.3, 0.4) is 0 Å². The van der Waals surface area contributed by atoms with Gasteiger partial charge in [0.15, 0.2) is 0 Å². The lowest BCUT2D eigenvalue weighted by molar-refractivity contribution is -0.169. The van der Waals surface area contributed by atoms with Crippen LogP contribution in [0.2, 0.25) is 0 Å². The van der Waals surface area contributed by atoms with Crippen LogP contribution in [-0.4, -0.2) is 45.7 Å². The van der Waals surface area contributed by atoms with Crippen molar-refractivity contribution in [2.24, 2.45) is 80.5 Å². The molecule has 0 heterocycles. The second-order valence-electron chi connectivity index (χ2n) is 18.8. The molecule has 8 aliphatic rings. The normalized spacial score (nSPS) is 60.6. The van der Waals surface area contributed by atoms with Gasteiger partial charge < -0.3 is 26.8 Å². The molecular weight excluding hydrogens is 532 g/mol. The minimum absolute atomic E-state index is 0.0336. The summed E-state index contributed by atoms with van der Waals surface area (Å²) in [5.74, 6) is 5.62. The van der Waals surface area contributed by atoms with Crippen molar-refractivity contribution < 1.29 is 15.3 Å². The Labute approximate surface area is 262 Å². The first-order valence-corrected chi connectivity index (χ1v) is 18.9. The molecule has 246 valence electrons. The first-order valence-electron chi connectivity index (χ1n) is 18.9. The molecule has 0 radical (unpaired) electrons. The van der Waals surface area contributed by atoms with Gasteiger partial charge in [0.2, 0.25) is 0 Å². The van der Waals surface area contributed by atoms with Gasteiger partial charge in [-0.25, -0.2) is 0 Å². The maximum atomic E-state index is 11.0. The van der Waals surface area contributed by atoms with Gasteiger partial charge in [0.1, 0.15) is 0 Å². The van der Waals surface area contributed by atoms with Gasteiger partial charge in [-0.1, -0.05) is 27.7 Å². The van der Waals surface area contributed by atoms with E-state index < -0.39 is 0 Å². The lowest BCUT2D eigenvalue weighted by Crippen LogP contribution is -2.59. The molecule has 0 aromatic carbocycles. The quantitative estimate of drug-likeness (QED) is 0.221. The summed E-state index contributed by atoms with van der Waals surface area (Å²) in [5.41, 5.74) is 13.7. The number of fused-ring (bicyclic) bond motifs is 10. The highest BCUT2D eigenvalue weighted by molar-refractivity contribution is 5.12. The van der Waals surface area contributed by atoms with E-state index in [-0.39, 0.29) is 29.1 Å². The van der Waals surface area contributed by atoms with Crippen LogP contribution in [0.5, 0.6) is 0 Å². The number of hydrogen-bond acceptors (Lipinski definition) is 5. The van der Waals surface area contributed by atoms with Crippen LogP contribution in [0.15, 0.2) is 0 Å².